The Labute approximate surface area is 184 Å². The number of fused-ring (bicyclic) bond motifs is 1. The fourth-order valence-corrected chi connectivity index (χ4v) is 3.85. The molecule has 3 aromatic rings. The third-order valence-corrected chi connectivity index (χ3v) is 5.91. The summed E-state index contributed by atoms with van der Waals surface area (Å²) in [6, 6.07) is 7.22. The molecule has 3 heterocycles. The first kappa shape index (κ1) is 21.1. The average molecular weight is 451 g/mol. The Kier molecular flexibility index (Phi) is 6.89. The van der Waals surface area contributed by atoms with E-state index in [9.17, 15) is 4.79 Å². The molecule has 1 aliphatic rings. The molecule has 4 rings (SSSR count). The highest BCUT2D eigenvalue weighted by Gasteiger charge is 2.12. The molecule has 0 saturated carbocycles. The van der Waals surface area contributed by atoms with E-state index in [4.69, 9.17) is 27.9 Å². The summed E-state index contributed by atoms with van der Waals surface area (Å²) >= 11 is 12.0. The van der Waals surface area contributed by atoms with Crippen LogP contribution in [0.5, 0.6) is 0 Å². The predicted octanol–water partition coefficient (Wildman–Crippen LogP) is 3.15. The van der Waals surface area contributed by atoms with Crippen molar-refractivity contribution in [2.75, 3.05) is 38.2 Å². The molecule has 30 heavy (non-hydrogen) atoms. The molecular formula is C20H24Cl2N6O2. The van der Waals surface area contributed by atoms with Crippen LogP contribution < -0.4 is 10.9 Å². The van der Waals surface area contributed by atoms with Gasteiger partial charge < -0.3 is 15.0 Å². The number of aryl methyl sites for hydroxylation is 1. The van der Waals surface area contributed by atoms with Gasteiger partial charge in [0.05, 0.1) is 23.3 Å². The molecule has 10 heteroatoms. The van der Waals surface area contributed by atoms with Gasteiger partial charge in [0, 0.05) is 32.2 Å². The Morgan fingerprint density at radius 1 is 1.10 bits per heavy atom. The van der Waals surface area contributed by atoms with Gasteiger partial charge in [0.25, 0.3) is 5.56 Å². The van der Waals surface area contributed by atoms with Gasteiger partial charge in [-0.3, -0.25) is 9.69 Å². The summed E-state index contributed by atoms with van der Waals surface area (Å²) < 4.78 is 7.06. The standard InChI is InChI=1S/C20H24Cl2N6O2/c21-15-4-3-14(11-16(15)22)13-23-18-12-17-19(20(29)24-18)28(26-25-17)6-2-1-5-27-7-9-30-10-8-27/h3-4,11-12H,1-2,5-10,13H2,(H2,23,24,29). The number of anilines is 1. The van der Waals surface area contributed by atoms with Crippen LogP contribution in [0.3, 0.4) is 0 Å². The first-order chi connectivity index (χ1) is 14.6. The van der Waals surface area contributed by atoms with Gasteiger partial charge in [-0.15, -0.1) is 5.10 Å². The van der Waals surface area contributed by atoms with Crippen molar-refractivity contribution < 1.29 is 4.74 Å². The monoisotopic (exact) mass is 450 g/mol. The van der Waals surface area contributed by atoms with Gasteiger partial charge in [0.15, 0.2) is 5.52 Å². The minimum Gasteiger partial charge on any atom is -0.379 e. The number of ether oxygens (including phenoxy) is 1. The molecule has 2 aromatic heterocycles. The van der Waals surface area contributed by atoms with E-state index in [0.717, 1.165) is 51.3 Å². The van der Waals surface area contributed by atoms with E-state index >= 15 is 0 Å². The van der Waals surface area contributed by atoms with Crippen molar-refractivity contribution in [2.45, 2.75) is 25.9 Å². The summed E-state index contributed by atoms with van der Waals surface area (Å²) in [5.41, 5.74) is 1.82. The van der Waals surface area contributed by atoms with Crippen molar-refractivity contribution in [1.82, 2.24) is 24.9 Å². The largest absolute Gasteiger partial charge is 0.379 e. The van der Waals surface area contributed by atoms with Crippen molar-refractivity contribution in [3.05, 3.63) is 50.2 Å². The molecule has 0 spiro atoms. The molecule has 0 aliphatic carbocycles. The molecule has 0 bridgehead atoms. The fraction of sp³-hybridized carbons (Fsp3) is 0.450. The zero-order chi connectivity index (χ0) is 20.9. The van der Waals surface area contributed by atoms with Crippen LogP contribution >= 0.6 is 23.2 Å². The van der Waals surface area contributed by atoms with Crippen LogP contribution in [-0.2, 0) is 17.8 Å². The maximum Gasteiger partial charge on any atom is 0.277 e. The first-order valence-electron chi connectivity index (χ1n) is 10.0. The summed E-state index contributed by atoms with van der Waals surface area (Å²) in [6.45, 7) is 5.80. The van der Waals surface area contributed by atoms with Crippen LogP contribution in [0.2, 0.25) is 10.0 Å². The number of pyridine rings is 1. The number of halogens is 2. The molecule has 0 atom stereocenters. The molecule has 1 fully saturated rings. The number of rotatable bonds is 8. The molecule has 160 valence electrons. The summed E-state index contributed by atoms with van der Waals surface area (Å²) in [4.78, 5) is 17.9. The first-order valence-corrected chi connectivity index (χ1v) is 10.8. The number of aromatic nitrogens is 4. The maximum atomic E-state index is 12.6. The average Bonchev–Trinajstić information content (AvgIpc) is 3.16. The molecular weight excluding hydrogens is 427 g/mol. The Morgan fingerprint density at radius 2 is 1.90 bits per heavy atom. The van der Waals surface area contributed by atoms with Crippen molar-refractivity contribution in [1.29, 1.82) is 0 Å². The second-order valence-electron chi connectivity index (χ2n) is 7.32. The second kappa shape index (κ2) is 9.78. The highest BCUT2D eigenvalue weighted by molar-refractivity contribution is 6.42. The van der Waals surface area contributed by atoms with Gasteiger partial charge in [0.1, 0.15) is 11.3 Å². The summed E-state index contributed by atoms with van der Waals surface area (Å²) in [7, 11) is 0. The molecule has 0 radical (unpaired) electrons. The SMILES string of the molecule is O=c1[nH]c(NCc2ccc(Cl)c(Cl)c2)cc2nnn(CCCCN3CCOCC3)c12. The van der Waals surface area contributed by atoms with Crippen molar-refractivity contribution >= 4 is 40.1 Å². The molecule has 0 unspecified atom stereocenters. The number of benzene rings is 1. The number of morpholine rings is 1. The summed E-state index contributed by atoms with van der Waals surface area (Å²) in [6.07, 6.45) is 1.98. The van der Waals surface area contributed by atoms with Crippen LogP contribution in [0.25, 0.3) is 11.0 Å². The van der Waals surface area contributed by atoms with E-state index in [-0.39, 0.29) is 5.56 Å². The number of nitrogens with one attached hydrogen (secondary N) is 2. The number of aromatic amines is 1. The Balaban J connectivity index is 1.36. The lowest BCUT2D eigenvalue weighted by atomic mass is 10.2. The lowest BCUT2D eigenvalue weighted by Crippen LogP contribution is -2.36. The van der Waals surface area contributed by atoms with Crippen LogP contribution in [-0.4, -0.2) is 57.7 Å². The minimum absolute atomic E-state index is 0.206. The van der Waals surface area contributed by atoms with Crippen LogP contribution in [0, 0.1) is 0 Å². The molecule has 0 amide bonds. The zero-order valence-electron chi connectivity index (χ0n) is 16.5. The van der Waals surface area contributed by atoms with E-state index in [0.29, 0.717) is 40.0 Å². The smallest absolute Gasteiger partial charge is 0.277 e. The Bertz CT molecular complexity index is 1060. The van der Waals surface area contributed by atoms with Crippen LogP contribution in [0.1, 0.15) is 18.4 Å². The third-order valence-electron chi connectivity index (χ3n) is 5.17. The fourth-order valence-electron chi connectivity index (χ4n) is 3.53. The topological polar surface area (TPSA) is 88.1 Å². The second-order valence-corrected chi connectivity index (χ2v) is 8.14. The van der Waals surface area contributed by atoms with Gasteiger partial charge in [-0.25, -0.2) is 4.68 Å². The molecule has 1 aliphatic heterocycles. The van der Waals surface area contributed by atoms with Gasteiger partial charge in [-0.2, -0.15) is 0 Å². The molecule has 2 N–H and O–H groups in total. The number of unbranched alkanes of at least 4 members (excludes halogenated alkanes) is 1. The number of hydrogen-bond acceptors (Lipinski definition) is 6. The Morgan fingerprint density at radius 3 is 2.70 bits per heavy atom. The third kappa shape index (κ3) is 5.13. The highest BCUT2D eigenvalue weighted by Crippen LogP contribution is 2.23. The van der Waals surface area contributed by atoms with Gasteiger partial charge in [-0.1, -0.05) is 34.5 Å². The van der Waals surface area contributed by atoms with Gasteiger partial charge >= 0.3 is 0 Å². The quantitative estimate of drug-likeness (QED) is 0.512. The molecule has 1 aromatic carbocycles. The van der Waals surface area contributed by atoms with E-state index in [1.807, 2.05) is 6.07 Å². The maximum absolute atomic E-state index is 12.6. The van der Waals surface area contributed by atoms with Crippen LogP contribution in [0.4, 0.5) is 5.82 Å². The van der Waals surface area contributed by atoms with Gasteiger partial charge in [-0.05, 0) is 37.1 Å². The van der Waals surface area contributed by atoms with Crippen molar-refractivity contribution in [3.63, 3.8) is 0 Å². The minimum atomic E-state index is -0.206. The van der Waals surface area contributed by atoms with Crippen molar-refractivity contribution in [2.24, 2.45) is 0 Å². The van der Waals surface area contributed by atoms with Crippen LogP contribution in [0.15, 0.2) is 29.1 Å². The summed E-state index contributed by atoms with van der Waals surface area (Å²) in [5.74, 6) is 0.581. The van der Waals surface area contributed by atoms with Gasteiger partial charge in [0.2, 0.25) is 0 Å². The Hall–Kier alpha value is -2.13. The summed E-state index contributed by atoms with van der Waals surface area (Å²) in [5, 5.41) is 12.5. The normalized spacial score (nSPS) is 15.0. The predicted molar refractivity (Wildman–Crippen MR) is 118 cm³/mol. The highest BCUT2D eigenvalue weighted by atomic mass is 35.5. The van der Waals surface area contributed by atoms with Crippen molar-refractivity contribution in [3.8, 4) is 0 Å². The van der Waals surface area contributed by atoms with E-state index in [1.54, 1.807) is 22.9 Å². The number of hydrogen-bond donors (Lipinski definition) is 2. The molecule has 8 nitrogen and oxygen atoms in total. The lowest BCUT2D eigenvalue weighted by molar-refractivity contribution is 0.0370. The lowest BCUT2D eigenvalue weighted by Gasteiger charge is -2.26. The van der Waals surface area contributed by atoms with E-state index < -0.39 is 0 Å². The zero-order valence-corrected chi connectivity index (χ0v) is 18.0. The number of nitrogens with zero attached hydrogens (tertiary/aromatic N) is 4. The van der Waals surface area contributed by atoms with E-state index in [1.165, 1.54) is 0 Å². The number of H-pyrrole nitrogens is 1. The van der Waals surface area contributed by atoms with E-state index in [2.05, 4.69) is 25.5 Å². The molecule has 1 saturated heterocycles.